The minimum atomic E-state index is -1.05. The molecule has 23 heavy (non-hydrogen) atoms. The van der Waals surface area contributed by atoms with Gasteiger partial charge in [0.25, 0.3) is 5.91 Å². The third kappa shape index (κ3) is 4.09. The van der Waals surface area contributed by atoms with Crippen molar-refractivity contribution < 1.29 is 14.7 Å². The monoisotopic (exact) mass is 352 g/mol. The van der Waals surface area contributed by atoms with Crippen LogP contribution >= 0.6 is 22.9 Å². The van der Waals surface area contributed by atoms with Gasteiger partial charge in [0.05, 0.1) is 5.69 Å². The van der Waals surface area contributed by atoms with Gasteiger partial charge in [0.2, 0.25) is 0 Å². The number of carboxylic acids is 1. The Morgan fingerprint density at radius 2 is 1.87 bits per heavy atom. The van der Waals surface area contributed by atoms with Crippen molar-refractivity contribution in [3.05, 3.63) is 39.9 Å². The highest BCUT2D eigenvalue weighted by Crippen LogP contribution is 2.29. The van der Waals surface area contributed by atoms with Crippen molar-refractivity contribution >= 4 is 34.8 Å². The van der Waals surface area contributed by atoms with E-state index < -0.39 is 17.9 Å². The van der Waals surface area contributed by atoms with Crippen LogP contribution in [0.4, 0.5) is 0 Å². The Labute approximate surface area is 143 Å². The Morgan fingerprint density at radius 3 is 2.39 bits per heavy atom. The number of rotatable bonds is 5. The summed E-state index contributed by atoms with van der Waals surface area (Å²) < 4.78 is 0. The molecule has 1 atom stereocenters. The van der Waals surface area contributed by atoms with Crippen molar-refractivity contribution in [2.24, 2.45) is 5.92 Å². The van der Waals surface area contributed by atoms with Crippen molar-refractivity contribution in [2.45, 2.75) is 26.8 Å². The minimum absolute atomic E-state index is 0.208. The standard InChI is InChI=1S/C16H17ClN2O3S/c1-8(2)12(16(21)22)19-14(20)13-9(3)18-15(23-13)10-4-6-11(17)7-5-10/h4-8,12H,1-3H3,(H,19,20)(H,21,22). The molecule has 0 aliphatic carbocycles. The molecule has 0 fully saturated rings. The Morgan fingerprint density at radius 1 is 1.26 bits per heavy atom. The van der Waals surface area contributed by atoms with E-state index in [9.17, 15) is 14.7 Å². The van der Waals surface area contributed by atoms with Gasteiger partial charge in [-0.25, -0.2) is 9.78 Å². The van der Waals surface area contributed by atoms with E-state index in [1.807, 2.05) is 12.1 Å². The second-order valence-electron chi connectivity index (χ2n) is 5.47. The summed E-state index contributed by atoms with van der Waals surface area (Å²) in [5, 5.41) is 13.1. The summed E-state index contributed by atoms with van der Waals surface area (Å²) in [6.07, 6.45) is 0. The van der Waals surface area contributed by atoms with Crippen LogP contribution in [-0.4, -0.2) is 28.0 Å². The number of carbonyl (C=O) groups excluding carboxylic acids is 1. The Bertz CT molecular complexity index is 725. The molecule has 2 aromatic rings. The molecule has 0 aliphatic heterocycles. The zero-order chi connectivity index (χ0) is 17.1. The number of aromatic nitrogens is 1. The maximum absolute atomic E-state index is 12.4. The molecule has 1 aromatic heterocycles. The van der Waals surface area contributed by atoms with Crippen molar-refractivity contribution in [3.63, 3.8) is 0 Å². The van der Waals surface area contributed by atoms with Gasteiger partial charge >= 0.3 is 5.97 Å². The summed E-state index contributed by atoms with van der Waals surface area (Å²) in [6, 6.07) is 6.24. The number of halogens is 1. The van der Waals surface area contributed by atoms with E-state index >= 15 is 0 Å². The van der Waals surface area contributed by atoms with Gasteiger partial charge in [-0.05, 0) is 25.0 Å². The van der Waals surface area contributed by atoms with Gasteiger partial charge in [-0.3, -0.25) is 4.79 Å². The highest BCUT2D eigenvalue weighted by Gasteiger charge is 2.26. The van der Waals surface area contributed by atoms with Crippen molar-refractivity contribution in [2.75, 3.05) is 0 Å². The molecule has 1 aromatic carbocycles. The molecule has 122 valence electrons. The molecule has 1 amide bonds. The van der Waals surface area contributed by atoms with Crippen LogP contribution in [0.25, 0.3) is 10.6 Å². The molecule has 0 saturated heterocycles. The highest BCUT2D eigenvalue weighted by molar-refractivity contribution is 7.17. The van der Waals surface area contributed by atoms with Gasteiger partial charge in [-0.1, -0.05) is 37.6 Å². The van der Waals surface area contributed by atoms with Crippen LogP contribution in [0.5, 0.6) is 0 Å². The molecule has 0 spiro atoms. The van der Waals surface area contributed by atoms with Crippen molar-refractivity contribution in [3.8, 4) is 10.6 Å². The third-order valence-electron chi connectivity index (χ3n) is 3.31. The lowest BCUT2D eigenvalue weighted by atomic mass is 10.0. The largest absolute Gasteiger partial charge is 0.480 e. The van der Waals surface area contributed by atoms with E-state index in [0.717, 1.165) is 5.56 Å². The first-order valence-electron chi connectivity index (χ1n) is 7.06. The van der Waals surface area contributed by atoms with Crippen molar-refractivity contribution in [1.82, 2.24) is 10.3 Å². The van der Waals surface area contributed by atoms with Crippen LogP contribution in [0.1, 0.15) is 29.2 Å². The predicted octanol–water partition coefficient (Wildman–Crippen LogP) is 3.61. The van der Waals surface area contributed by atoms with Gasteiger partial charge in [0.1, 0.15) is 15.9 Å². The first kappa shape index (κ1) is 17.4. The number of nitrogens with one attached hydrogen (secondary N) is 1. The van der Waals surface area contributed by atoms with Gasteiger partial charge in [0.15, 0.2) is 0 Å². The average molecular weight is 353 g/mol. The summed E-state index contributed by atoms with van der Waals surface area (Å²) in [5.74, 6) is -1.67. The Kier molecular flexibility index (Phi) is 5.38. The SMILES string of the molecule is Cc1nc(-c2ccc(Cl)cc2)sc1C(=O)NC(C(=O)O)C(C)C. The Balaban J connectivity index is 2.25. The molecule has 0 radical (unpaired) electrons. The fourth-order valence-electron chi connectivity index (χ4n) is 2.04. The van der Waals surface area contributed by atoms with Crippen molar-refractivity contribution in [1.29, 1.82) is 0 Å². The molecule has 7 heteroatoms. The molecule has 0 bridgehead atoms. The zero-order valence-corrected chi connectivity index (χ0v) is 14.5. The molecule has 5 nitrogen and oxygen atoms in total. The van der Waals surface area contributed by atoms with E-state index in [2.05, 4.69) is 10.3 Å². The maximum atomic E-state index is 12.4. The van der Waals surface area contributed by atoms with E-state index in [4.69, 9.17) is 11.6 Å². The summed E-state index contributed by atoms with van der Waals surface area (Å²) in [7, 11) is 0. The summed E-state index contributed by atoms with van der Waals surface area (Å²) in [5.41, 5.74) is 1.44. The normalized spacial score (nSPS) is 12.2. The number of amides is 1. The Hall–Kier alpha value is -1.92. The number of carbonyl (C=O) groups is 2. The van der Waals surface area contributed by atoms with Gasteiger partial charge in [-0.2, -0.15) is 0 Å². The second kappa shape index (κ2) is 7.10. The van der Waals surface area contributed by atoms with Crippen LogP contribution in [0.3, 0.4) is 0 Å². The zero-order valence-electron chi connectivity index (χ0n) is 13.0. The molecule has 1 heterocycles. The molecule has 2 rings (SSSR count). The lowest BCUT2D eigenvalue weighted by Gasteiger charge is -2.17. The molecule has 0 saturated carbocycles. The highest BCUT2D eigenvalue weighted by atomic mass is 35.5. The van der Waals surface area contributed by atoms with Gasteiger partial charge < -0.3 is 10.4 Å². The van der Waals surface area contributed by atoms with Gasteiger partial charge in [-0.15, -0.1) is 11.3 Å². The van der Waals surface area contributed by atoms with E-state index in [1.165, 1.54) is 11.3 Å². The van der Waals surface area contributed by atoms with Crippen LogP contribution < -0.4 is 5.32 Å². The number of carboxylic acid groups (broad SMARTS) is 1. The number of hydrogen-bond donors (Lipinski definition) is 2. The number of benzene rings is 1. The molecular weight excluding hydrogens is 336 g/mol. The molecule has 2 N–H and O–H groups in total. The molecular formula is C16H17ClN2O3S. The lowest BCUT2D eigenvalue weighted by molar-refractivity contribution is -0.140. The first-order valence-corrected chi connectivity index (χ1v) is 8.26. The predicted molar refractivity (Wildman–Crippen MR) is 91.0 cm³/mol. The second-order valence-corrected chi connectivity index (χ2v) is 6.91. The first-order chi connectivity index (χ1) is 10.8. The number of nitrogens with zero attached hydrogens (tertiary/aromatic N) is 1. The third-order valence-corrected chi connectivity index (χ3v) is 4.77. The molecule has 1 unspecified atom stereocenters. The topological polar surface area (TPSA) is 79.3 Å². The number of aryl methyl sites for hydroxylation is 1. The van der Waals surface area contributed by atoms with E-state index in [0.29, 0.717) is 20.6 Å². The van der Waals surface area contributed by atoms with Gasteiger partial charge in [0, 0.05) is 10.6 Å². The summed E-state index contributed by atoms with van der Waals surface area (Å²) in [4.78, 5) is 28.4. The van der Waals surface area contributed by atoms with E-state index in [1.54, 1.807) is 32.9 Å². The molecule has 0 aliphatic rings. The summed E-state index contributed by atoms with van der Waals surface area (Å²) in [6.45, 7) is 5.23. The summed E-state index contributed by atoms with van der Waals surface area (Å²) >= 11 is 7.10. The fraction of sp³-hybridized carbons (Fsp3) is 0.312. The van der Waals surface area contributed by atoms with Crippen LogP contribution in [0.15, 0.2) is 24.3 Å². The minimum Gasteiger partial charge on any atom is -0.480 e. The smallest absolute Gasteiger partial charge is 0.326 e. The maximum Gasteiger partial charge on any atom is 0.326 e. The fourth-order valence-corrected chi connectivity index (χ4v) is 3.14. The lowest BCUT2D eigenvalue weighted by Crippen LogP contribution is -2.44. The number of aliphatic carboxylic acids is 1. The van der Waals surface area contributed by atoms with Crippen LogP contribution in [0.2, 0.25) is 5.02 Å². The average Bonchev–Trinajstić information content (AvgIpc) is 2.86. The van der Waals surface area contributed by atoms with E-state index in [-0.39, 0.29) is 5.92 Å². The van der Waals surface area contributed by atoms with Crippen LogP contribution in [-0.2, 0) is 4.79 Å². The number of hydrogen-bond acceptors (Lipinski definition) is 4. The number of thiazole rings is 1. The van der Waals surface area contributed by atoms with Crippen LogP contribution in [0, 0.1) is 12.8 Å². The quantitative estimate of drug-likeness (QED) is 0.861.